The smallest absolute Gasteiger partial charge is 0.241 e. The highest BCUT2D eigenvalue weighted by atomic mass is 79.9. The minimum atomic E-state index is -0.369. The summed E-state index contributed by atoms with van der Waals surface area (Å²) >= 11 is 3.36. The first-order valence-electron chi connectivity index (χ1n) is 7.23. The second kappa shape index (κ2) is 6.46. The van der Waals surface area contributed by atoms with Gasteiger partial charge in [-0.05, 0) is 22.0 Å². The lowest BCUT2D eigenvalue weighted by Gasteiger charge is -2.10. The maximum Gasteiger partial charge on any atom is 0.241 e. The average molecular weight is 375 g/mol. The Kier molecular flexibility index (Phi) is 4.39. The van der Waals surface area contributed by atoms with Gasteiger partial charge in [-0.15, -0.1) is 12.3 Å². The third-order valence-electron chi connectivity index (χ3n) is 3.64. The van der Waals surface area contributed by atoms with E-state index in [4.69, 9.17) is 6.42 Å². The molecule has 23 heavy (non-hydrogen) atoms. The molecule has 0 aromatic carbocycles. The molecule has 7 nitrogen and oxygen atoms in total. The first-order valence-corrected chi connectivity index (χ1v) is 8.02. The van der Waals surface area contributed by atoms with E-state index in [-0.39, 0.29) is 18.1 Å². The summed E-state index contributed by atoms with van der Waals surface area (Å²) in [5, 5.41) is 16.0. The summed E-state index contributed by atoms with van der Waals surface area (Å²) in [6.45, 7) is 0.637. The van der Waals surface area contributed by atoms with E-state index >= 15 is 0 Å². The van der Waals surface area contributed by atoms with Crippen LogP contribution in [0, 0.1) is 12.3 Å². The fraction of sp³-hybridized carbons (Fsp3) is 0.400. The van der Waals surface area contributed by atoms with Crippen molar-refractivity contribution < 1.29 is 4.79 Å². The summed E-state index contributed by atoms with van der Waals surface area (Å²) in [6.07, 6.45) is 10.7. The monoisotopic (exact) mass is 374 g/mol. The molecule has 0 unspecified atom stereocenters. The quantitative estimate of drug-likeness (QED) is 0.754. The van der Waals surface area contributed by atoms with Crippen molar-refractivity contribution >= 4 is 32.9 Å². The molecule has 2 aromatic rings. The van der Waals surface area contributed by atoms with E-state index in [9.17, 15) is 4.79 Å². The van der Waals surface area contributed by atoms with E-state index in [0.29, 0.717) is 25.0 Å². The third-order valence-corrected chi connectivity index (χ3v) is 4.07. The summed E-state index contributed by atoms with van der Waals surface area (Å²) in [5.74, 6) is 2.47. The van der Waals surface area contributed by atoms with Gasteiger partial charge < -0.3 is 5.32 Å². The predicted octanol–water partition coefficient (Wildman–Crippen LogP) is 2.28. The Morgan fingerprint density at radius 2 is 2.22 bits per heavy atom. The zero-order valence-electron chi connectivity index (χ0n) is 12.4. The van der Waals surface area contributed by atoms with Crippen LogP contribution < -0.4 is 5.32 Å². The zero-order chi connectivity index (χ0) is 16.3. The number of rotatable bonds is 7. The van der Waals surface area contributed by atoms with Gasteiger partial charge in [-0.2, -0.15) is 15.3 Å². The summed E-state index contributed by atoms with van der Waals surface area (Å²) in [4.78, 5) is 16.3. The van der Waals surface area contributed by atoms with Crippen molar-refractivity contribution in [3.8, 4) is 12.3 Å². The number of carbonyl (C=O) groups is 1. The number of amides is 1. The van der Waals surface area contributed by atoms with Crippen LogP contribution in [-0.2, 0) is 11.3 Å². The van der Waals surface area contributed by atoms with Crippen LogP contribution >= 0.6 is 15.9 Å². The summed E-state index contributed by atoms with van der Waals surface area (Å²) in [6, 6.07) is 1.91. The molecule has 3 rings (SSSR count). The third kappa shape index (κ3) is 3.74. The lowest BCUT2D eigenvalue weighted by atomic mass is 10.0. The second-order valence-corrected chi connectivity index (χ2v) is 6.27. The number of carbonyl (C=O) groups excluding carboxylic acids is 1. The van der Waals surface area contributed by atoms with Crippen molar-refractivity contribution in [2.24, 2.45) is 10.2 Å². The molecule has 0 spiro atoms. The second-order valence-electron chi connectivity index (χ2n) is 5.36. The lowest BCUT2D eigenvalue weighted by Crippen LogP contribution is -2.31. The lowest BCUT2D eigenvalue weighted by molar-refractivity contribution is -0.121. The molecular formula is C15H15BrN6O. The minimum absolute atomic E-state index is 0.118. The van der Waals surface area contributed by atoms with Gasteiger partial charge in [0, 0.05) is 41.9 Å². The molecule has 3 heterocycles. The highest BCUT2D eigenvalue weighted by Crippen LogP contribution is 2.35. The van der Waals surface area contributed by atoms with Crippen molar-refractivity contribution in [2.45, 2.75) is 31.5 Å². The number of hydrogen-bond acceptors (Lipinski definition) is 5. The highest BCUT2D eigenvalue weighted by molar-refractivity contribution is 9.10. The van der Waals surface area contributed by atoms with Crippen LogP contribution in [0.4, 0.5) is 0 Å². The molecular weight excluding hydrogens is 360 g/mol. The summed E-state index contributed by atoms with van der Waals surface area (Å²) in [7, 11) is 0. The Morgan fingerprint density at radius 3 is 2.96 bits per heavy atom. The van der Waals surface area contributed by atoms with E-state index in [1.807, 2.05) is 6.07 Å². The van der Waals surface area contributed by atoms with Crippen LogP contribution in [0.3, 0.4) is 0 Å². The molecule has 0 bridgehead atoms. The summed E-state index contributed by atoms with van der Waals surface area (Å²) < 4.78 is 2.46. The standard InChI is InChI=1S/C15H15BrN6O/c1-2-3-4-15(20-21-15)5-6-17-13(23)10-22-14-11(8-19-22)7-12(16)9-18-14/h1,7-9H,3-6,10H2,(H,17,23). The van der Waals surface area contributed by atoms with Crippen molar-refractivity contribution in [3.63, 3.8) is 0 Å². The van der Waals surface area contributed by atoms with Crippen molar-refractivity contribution in [1.29, 1.82) is 0 Å². The Labute approximate surface area is 141 Å². The maximum atomic E-state index is 12.0. The van der Waals surface area contributed by atoms with Gasteiger partial charge >= 0.3 is 0 Å². The largest absolute Gasteiger partial charge is 0.354 e. The van der Waals surface area contributed by atoms with Crippen LogP contribution in [0.1, 0.15) is 19.3 Å². The minimum Gasteiger partial charge on any atom is -0.354 e. The van der Waals surface area contributed by atoms with Crippen molar-refractivity contribution in [1.82, 2.24) is 20.1 Å². The van der Waals surface area contributed by atoms with Gasteiger partial charge in [0.25, 0.3) is 0 Å². The molecule has 1 aliphatic heterocycles. The van der Waals surface area contributed by atoms with E-state index in [0.717, 1.165) is 16.3 Å². The number of nitrogens with one attached hydrogen (secondary N) is 1. The molecule has 118 valence electrons. The Balaban J connectivity index is 1.50. The topological polar surface area (TPSA) is 84.5 Å². The number of halogens is 1. The SMILES string of the molecule is C#CCCC1(CCNC(=O)Cn2ncc3cc(Br)cnc32)N=N1. The predicted molar refractivity (Wildman–Crippen MR) is 88.5 cm³/mol. The number of aromatic nitrogens is 3. The van der Waals surface area contributed by atoms with E-state index in [2.05, 4.69) is 47.5 Å². The molecule has 1 amide bonds. The number of fused-ring (bicyclic) bond motifs is 1. The highest BCUT2D eigenvalue weighted by Gasteiger charge is 2.38. The molecule has 0 saturated carbocycles. The molecule has 0 fully saturated rings. The average Bonchev–Trinajstić information content (AvgIpc) is 3.20. The summed E-state index contributed by atoms with van der Waals surface area (Å²) in [5.41, 5.74) is 0.312. The molecule has 0 atom stereocenters. The first-order chi connectivity index (χ1) is 11.1. The van der Waals surface area contributed by atoms with Crippen LogP contribution in [0.25, 0.3) is 11.0 Å². The van der Waals surface area contributed by atoms with Gasteiger partial charge in [-0.25, -0.2) is 9.67 Å². The van der Waals surface area contributed by atoms with Crippen LogP contribution in [-0.4, -0.2) is 32.9 Å². The fourth-order valence-electron chi connectivity index (χ4n) is 2.32. The van der Waals surface area contributed by atoms with Crippen LogP contribution in [0.5, 0.6) is 0 Å². The van der Waals surface area contributed by atoms with E-state index < -0.39 is 0 Å². The number of pyridine rings is 1. The molecule has 1 aliphatic rings. The van der Waals surface area contributed by atoms with Gasteiger partial charge in [0.2, 0.25) is 5.91 Å². The Bertz CT molecular complexity index is 800. The Hall–Kier alpha value is -2.27. The molecule has 8 heteroatoms. The number of nitrogens with zero attached hydrogens (tertiary/aromatic N) is 5. The van der Waals surface area contributed by atoms with E-state index in [1.165, 1.54) is 0 Å². The van der Waals surface area contributed by atoms with Gasteiger partial charge in [-0.1, -0.05) is 0 Å². The molecule has 2 aromatic heterocycles. The Morgan fingerprint density at radius 1 is 1.39 bits per heavy atom. The van der Waals surface area contributed by atoms with E-state index in [1.54, 1.807) is 17.1 Å². The number of terminal acetylenes is 1. The zero-order valence-corrected chi connectivity index (χ0v) is 14.0. The molecule has 0 radical (unpaired) electrons. The first kappa shape index (κ1) is 15.6. The van der Waals surface area contributed by atoms with Crippen molar-refractivity contribution in [3.05, 3.63) is 22.9 Å². The van der Waals surface area contributed by atoms with Crippen LogP contribution in [0.15, 0.2) is 33.2 Å². The van der Waals surface area contributed by atoms with Gasteiger partial charge in [0.05, 0.1) is 6.20 Å². The maximum absolute atomic E-state index is 12.0. The fourth-order valence-corrected chi connectivity index (χ4v) is 2.67. The van der Waals surface area contributed by atoms with Gasteiger partial charge in [0.1, 0.15) is 6.54 Å². The molecule has 1 N–H and O–H groups in total. The normalized spacial score (nSPS) is 14.6. The number of hydrogen-bond donors (Lipinski definition) is 1. The van der Waals surface area contributed by atoms with Crippen LogP contribution in [0.2, 0.25) is 0 Å². The van der Waals surface area contributed by atoms with Gasteiger partial charge in [0.15, 0.2) is 11.3 Å². The molecule has 0 aliphatic carbocycles. The van der Waals surface area contributed by atoms with Crippen molar-refractivity contribution in [2.75, 3.05) is 6.54 Å². The van der Waals surface area contributed by atoms with Gasteiger partial charge in [-0.3, -0.25) is 4.79 Å². The molecule has 0 saturated heterocycles.